The lowest BCUT2D eigenvalue weighted by Crippen LogP contribution is -2.41. The van der Waals surface area contributed by atoms with Crippen LogP contribution < -0.4 is 0 Å². The highest BCUT2D eigenvalue weighted by Gasteiger charge is 2.52. The van der Waals surface area contributed by atoms with Crippen molar-refractivity contribution in [2.24, 2.45) is 23.2 Å². The van der Waals surface area contributed by atoms with E-state index in [-0.39, 0.29) is 16.1 Å². The third kappa shape index (κ3) is 3.49. The highest BCUT2D eigenvalue weighted by atomic mass is 32.2. The molecule has 25 heavy (non-hydrogen) atoms. The molecule has 5 atom stereocenters. The summed E-state index contributed by atoms with van der Waals surface area (Å²) in [6.07, 6.45) is 6.17. The van der Waals surface area contributed by atoms with Crippen molar-refractivity contribution in [2.45, 2.75) is 75.9 Å². The molecule has 1 aromatic carbocycles. The summed E-state index contributed by atoms with van der Waals surface area (Å²) in [6, 6.07) is 9.83. The van der Waals surface area contributed by atoms with Gasteiger partial charge in [-0.05, 0) is 75.3 Å². The van der Waals surface area contributed by atoms with Crippen LogP contribution in [0.4, 0.5) is 0 Å². The van der Waals surface area contributed by atoms with E-state index in [0.29, 0.717) is 17.6 Å². The van der Waals surface area contributed by atoms with Gasteiger partial charge in [0.1, 0.15) is 5.78 Å². The summed E-state index contributed by atoms with van der Waals surface area (Å²) in [5.41, 5.74) is 0.166. The van der Waals surface area contributed by atoms with Gasteiger partial charge in [0.05, 0.1) is 10.8 Å². The van der Waals surface area contributed by atoms with Crippen molar-refractivity contribution < 1.29 is 9.00 Å². The maximum atomic E-state index is 13.1. The zero-order valence-electron chi connectivity index (χ0n) is 16.1. The molecule has 1 aromatic rings. The van der Waals surface area contributed by atoms with Crippen LogP contribution in [0.5, 0.6) is 0 Å². The standard InChI is InChI=1S/C22H32O2S/c1-16(15-21(2,3)25(24)17-9-6-5-7-10-17)18-12-13-19-20(23)11-8-14-22(18,19)4/h5-7,9-10,16,18-19H,8,11-15H2,1-4H3/t16-,18-,19+,22-,25?/m1/s1. The Morgan fingerprint density at radius 2 is 1.92 bits per heavy atom. The molecule has 3 rings (SSSR count). The van der Waals surface area contributed by atoms with Crippen LogP contribution in [-0.2, 0) is 15.6 Å². The van der Waals surface area contributed by atoms with E-state index in [4.69, 9.17) is 0 Å². The average Bonchev–Trinajstić information content (AvgIpc) is 2.93. The second-order valence-electron chi connectivity index (χ2n) is 9.08. The smallest absolute Gasteiger partial charge is 0.136 e. The number of rotatable bonds is 5. The van der Waals surface area contributed by atoms with Gasteiger partial charge in [0.2, 0.25) is 0 Å². The summed E-state index contributed by atoms with van der Waals surface area (Å²) in [5.74, 6) is 1.84. The van der Waals surface area contributed by atoms with Gasteiger partial charge in [-0.2, -0.15) is 0 Å². The van der Waals surface area contributed by atoms with Gasteiger partial charge in [-0.1, -0.05) is 32.0 Å². The zero-order valence-corrected chi connectivity index (χ0v) is 16.9. The van der Waals surface area contributed by atoms with Crippen LogP contribution in [0, 0.1) is 23.2 Å². The third-order valence-corrected chi connectivity index (χ3v) is 8.77. The van der Waals surface area contributed by atoms with Crippen LogP contribution in [0.2, 0.25) is 0 Å². The van der Waals surface area contributed by atoms with Crippen molar-refractivity contribution in [1.29, 1.82) is 0 Å². The lowest BCUT2D eigenvalue weighted by molar-refractivity contribution is -0.130. The summed E-state index contributed by atoms with van der Waals surface area (Å²) < 4.78 is 12.8. The second kappa shape index (κ2) is 6.98. The first-order valence-electron chi connectivity index (χ1n) is 9.75. The fourth-order valence-electron chi connectivity index (χ4n) is 5.76. The van der Waals surface area contributed by atoms with Gasteiger partial charge >= 0.3 is 0 Å². The molecule has 2 fully saturated rings. The third-order valence-electron chi connectivity index (χ3n) is 6.90. The highest BCUT2D eigenvalue weighted by Crippen LogP contribution is 2.57. The molecule has 2 saturated carbocycles. The lowest BCUT2D eigenvalue weighted by atomic mass is 9.61. The number of carbonyl (C=O) groups is 1. The molecule has 0 bridgehead atoms. The van der Waals surface area contributed by atoms with Crippen molar-refractivity contribution in [3.8, 4) is 0 Å². The van der Waals surface area contributed by atoms with E-state index >= 15 is 0 Å². The second-order valence-corrected chi connectivity index (χ2v) is 11.2. The highest BCUT2D eigenvalue weighted by molar-refractivity contribution is 7.86. The Labute approximate surface area is 155 Å². The number of carbonyl (C=O) groups excluding carboxylic acids is 1. The fourth-order valence-corrected chi connectivity index (χ4v) is 7.22. The molecule has 0 aliphatic heterocycles. The van der Waals surface area contributed by atoms with Gasteiger partial charge in [0.25, 0.3) is 0 Å². The molecular formula is C22H32O2S. The van der Waals surface area contributed by atoms with Crippen molar-refractivity contribution in [1.82, 2.24) is 0 Å². The van der Waals surface area contributed by atoms with Gasteiger partial charge in [-0.25, -0.2) is 0 Å². The summed E-state index contributed by atoms with van der Waals surface area (Å²) >= 11 is 0. The summed E-state index contributed by atoms with van der Waals surface area (Å²) in [5, 5.41) is 0. The van der Waals surface area contributed by atoms with E-state index in [0.717, 1.165) is 37.0 Å². The molecule has 0 N–H and O–H groups in total. The fraction of sp³-hybridized carbons (Fsp3) is 0.682. The summed E-state index contributed by atoms with van der Waals surface area (Å²) in [4.78, 5) is 13.3. The van der Waals surface area contributed by atoms with Crippen LogP contribution in [0.1, 0.15) is 66.2 Å². The van der Waals surface area contributed by atoms with E-state index in [1.807, 2.05) is 30.3 Å². The number of Topliss-reactive ketones (excluding diaryl/α,β-unsaturated/α-hetero) is 1. The minimum Gasteiger partial charge on any atom is -0.299 e. The Bertz CT molecular complexity index is 651. The molecule has 0 aromatic heterocycles. The van der Waals surface area contributed by atoms with Crippen LogP contribution in [0.15, 0.2) is 35.2 Å². The molecule has 0 radical (unpaired) electrons. The normalized spacial score (nSPS) is 32.2. The lowest BCUT2D eigenvalue weighted by Gasteiger charge is -2.43. The molecular weight excluding hydrogens is 328 g/mol. The SMILES string of the molecule is C[C@H](CC(C)(C)S(=O)c1ccccc1)[C@H]1CC[C@H]2C(=O)CCC[C@]12C. The molecule has 2 aliphatic rings. The van der Waals surface area contributed by atoms with Gasteiger partial charge < -0.3 is 0 Å². The van der Waals surface area contributed by atoms with Crippen LogP contribution >= 0.6 is 0 Å². The molecule has 3 heteroatoms. The molecule has 0 saturated heterocycles. The number of hydrogen-bond acceptors (Lipinski definition) is 2. The largest absolute Gasteiger partial charge is 0.299 e. The van der Waals surface area contributed by atoms with Crippen LogP contribution in [0.3, 0.4) is 0 Å². The molecule has 138 valence electrons. The monoisotopic (exact) mass is 360 g/mol. The van der Waals surface area contributed by atoms with Gasteiger partial charge in [0, 0.05) is 22.0 Å². The summed E-state index contributed by atoms with van der Waals surface area (Å²) in [7, 11) is -1.01. The number of fused-ring (bicyclic) bond motifs is 1. The minimum absolute atomic E-state index is 0.166. The van der Waals surface area contributed by atoms with Gasteiger partial charge in [-0.3, -0.25) is 9.00 Å². The first-order chi connectivity index (χ1) is 11.8. The van der Waals surface area contributed by atoms with Crippen molar-refractivity contribution in [3.05, 3.63) is 30.3 Å². The number of ketones is 1. The molecule has 0 heterocycles. The predicted molar refractivity (Wildman–Crippen MR) is 104 cm³/mol. The topological polar surface area (TPSA) is 34.1 Å². The van der Waals surface area contributed by atoms with Gasteiger partial charge in [0.15, 0.2) is 0 Å². The predicted octanol–water partition coefficient (Wildman–Crippen LogP) is 5.38. The Morgan fingerprint density at radius 3 is 2.60 bits per heavy atom. The van der Waals surface area contributed by atoms with Crippen molar-refractivity contribution in [2.75, 3.05) is 0 Å². The number of benzene rings is 1. The maximum Gasteiger partial charge on any atom is 0.136 e. The molecule has 0 spiro atoms. The van der Waals surface area contributed by atoms with Crippen LogP contribution in [0.25, 0.3) is 0 Å². The molecule has 2 nitrogen and oxygen atoms in total. The van der Waals surface area contributed by atoms with Crippen molar-refractivity contribution in [3.63, 3.8) is 0 Å². The summed E-state index contributed by atoms with van der Waals surface area (Å²) in [6.45, 7) is 8.94. The quantitative estimate of drug-likeness (QED) is 0.706. The minimum atomic E-state index is -1.01. The average molecular weight is 361 g/mol. The first kappa shape index (κ1) is 18.8. The van der Waals surface area contributed by atoms with Crippen molar-refractivity contribution >= 4 is 16.6 Å². The Morgan fingerprint density at radius 1 is 1.24 bits per heavy atom. The van der Waals surface area contributed by atoms with Gasteiger partial charge in [-0.15, -0.1) is 0 Å². The van der Waals surface area contributed by atoms with E-state index in [1.54, 1.807) is 0 Å². The Balaban J connectivity index is 1.74. The molecule has 0 amide bonds. The van der Waals surface area contributed by atoms with Crippen LogP contribution in [-0.4, -0.2) is 14.7 Å². The number of hydrogen-bond donors (Lipinski definition) is 0. The Kier molecular flexibility index (Phi) is 5.26. The van der Waals surface area contributed by atoms with E-state index in [9.17, 15) is 9.00 Å². The molecule has 1 unspecified atom stereocenters. The molecule has 2 aliphatic carbocycles. The zero-order chi connectivity index (χ0) is 18.2. The van der Waals surface area contributed by atoms with E-state index in [2.05, 4.69) is 27.7 Å². The maximum absolute atomic E-state index is 13.1. The Hall–Kier alpha value is -0.960. The van der Waals surface area contributed by atoms with E-state index in [1.165, 1.54) is 6.42 Å². The van der Waals surface area contributed by atoms with E-state index < -0.39 is 10.8 Å². The first-order valence-corrected chi connectivity index (χ1v) is 10.9.